The molecule has 2 aromatic rings. The Bertz CT molecular complexity index is 705. The van der Waals surface area contributed by atoms with Crippen LogP contribution < -0.4 is 0 Å². The number of benzene rings is 1. The normalized spacial score (nSPS) is 11.5. The number of nitriles is 1. The molecule has 0 spiro atoms. The number of aryl methyl sites for hydroxylation is 2. The van der Waals surface area contributed by atoms with Crippen molar-refractivity contribution in [1.29, 1.82) is 5.26 Å². The Kier molecular flexibility index (Phi) is 8.35. The molecule has 0 saturated heterocycles. The van der Waals surface area contributed by atoms with Gasteiger partial charge >= 0.3 is 5.97 Å². The number of hydrogen-bond donors (Lipinski definition) is 0. The van der Waals surface area contributed by atoms with Gasteiger partial charge in [0.2, 0.25) is 0 Å². The van der Waals surface area contributed by atoms with Crippen LogP contribution in [-0.4, -0.2) is 17.6 Å². The van der Waals surface area contributed by atoms with Crippen molar-refractivity contribution in [1.82, 2.24) is 4.98 Å². The van der Waals surface area contributed by atoms with Gasteiger partial charge in [-0.05, 0) is 55.4 Å². The number of aromatic nitrogens is 1. The molecule has 2 rings (SSSR count). The molecule has 136 valence electrons. The maximum atomic E-state index is 11.4. The molecule has 0 amide bonds. The minimum atomic E-state index is -0.167. The van der Waals surface area contributed by atoms with Gasteiger partial charge in [0.05, 0.1) is 18.6 Å². The fourth-order valence-corrected chi connectivity index (χ4v) is 2.93. The van der Waals surface area contributed by atoms with Crippen molar-refractivity contribution in [3.8, 4) is 6.07 Å². The van der Waals surface area contributed by atoms with Gasteiger partial charge in [-0.2, -0.15) is 5.26 Å². The lowest BCUT2D eigenvalue weighted by Gasteiger charge is -2.10. The van der Waals surface area contributed by atoms with Crippen molar-refractivity contribution in [3.05, 3.63) is 65.5 Å². The third-order valence-corrected chi connectivity index (χ3v) is 4.39. The largest absolute Gasteiger partial charge is 0.466 e. The van der Waals surface area contributed by atoms with E-state index in [1.807, 2.05) is 43.5 Å². The fraction of sp³-hybridized carbons (Fsp3) is 0.409. The first-order valence-electron chi connectivity index (χ1n) is 9.26. The molecule has 0 aliphatic carbocycles. The van der Waals surface area contributed by atoms with Gasteiger partial charge in [-0.15, -0.1) is 0 Å². The van der Waals surface area contributed by atoms with E-state index < -0.39 is 0 Å². The summed E-state index contributed by atoms with van der Waals surface area (Å²) in [6.45, 7) is 2.23. The van der Waals surface area contributed by atoms with Crippen LogP contribution in [0.2, 0.25) is 0 Å². The van der Waals surface area contributed by atoms with E-state index in [1.54, 1.807) is 6.20 Å². The topological polar surface area (TPSA) is 63.0 Å². The molecule has 0 bridgehead atoms. The third kappa shape index (κ3) is 6.68. The Morgan fingerprint density at radius 2 is 1.96 bits per heavy atom. The van der Waals surface area contributed by atoms with Crippen LogP contribution in [0.1, 0.15) is 55.2 Å². The molecule has 0 radical (unpaired) electrons. The van der Waals surface area contributed by atoms with E-state index in [-0.39, 0.29) is 11.9 Å². The molecule has 4 nitrogen and oxygen atoms in total. The zero-order valence-corrected chi connectivity index (χ0v) is 15.4. The Labute approximate surface area is 155 Å². The number of rotatable bonds is 10. The van der Waals surface area contributed by atoms with Crippen molar-refractivity contribution < 1.29 is 9.53 Å². The van der Waals surface area contributed by atoms with Crippen molar-refractivity contribution in [2.24, 2.45) is 0 Å². The van der Waals surface area contributed by atoms with Crippen LogP contribution in [0.15, 0.2) is 48.8 Å². The van der Waals surface area contributed by atoms with Crippen molar-refractivity contribution >= 4 is 5.97 Å². The van der Waals surface area contributed by atoms with Gasteiger partial charge in [0.1, 0.15) is 0 Å². The molecule has 4 heteroatoms. The van der Waals surface area contributed by atoms with Crippen molar-refractivity contribution in [2.45, 2.75) is 51.4 Å². The number of unbranched alkanes of at least 4 members (excludes halogenated alkanes) is 1. The molecule has 1 aromatic heterocycles. The van der Waals surface area contributed by atoms with Gasteiger partial charge in [-0.3, -0.25) is 9.78 Å². The lowest BCUT2D eigenvalue weighted by atomic mass is 9.93. The average Bonchev–Trinajstić information content (AvgIpc) is 2.68. The molecular formula is C22H26N2O2. The molecule has 0 saturated carbocycles. The minimum absolute atomic E-state index is 0.0806. The van der Waals surface area contributed by atoms with Gasteiger partial charge in [0, 0.05) is 18.8 Å². The van der Waals surface area contributed by atoms with E-state index in [9.17, 15) is 10.1 Å². The van der Waals surface area contributed by atoms with Crippen LogP contribution in [-0.2, 0) is 22.4 Å². The Morgan fingerprint density at radius 1 is 1.15 bits per heavy atom. The number of esters is 1. The maximum Gasteiger partial charge on any atom is 0.306 e. The second-order valence-electron chi connectivity index (χ2n) is 6.34. The van der Waals surface area contributed by atoms with E-state index in [2.05, 4.69) is 17.1 Å². The van der Waals surface area contributed by atoms with E-state index in [0.29, 0.717) is 19.4 Å². The first-order chi connectivity index (χ1) is 12.7. The standard InChI is InChI=1S/C22H26N2O2/c1-2-26-22(25)14-11-18-9-12-20(13-10-18)21(16-23)8-4-3-6-19-7-5-15-24-17-19/h5,7,9-10,12-13,15,17,21H,2-4,6,8,11,14H2,1H3. The van der Waals surface area contributed by atoms with Crippen LogP contribution in [0, 0.1) is 11.3 Å². The van der Waals surface area contributed by atoms with E-state index >= 15 is 0 Å². The molecule has 1 aromatic carbocycles. The number of carbonyl (C=O) groups is 1. The summed E-state index contributed by atoms with van der Waals surface area (Å²) in [5.74, 6) is -0.247. The second kappa shape index (κ2) is 11.0. The Morgan fingerprint density at radius 3 is 2.62 bits per heavy atom. The summed E-state index contributed by atoms with van der Waals surface area (Å²) in [6.07, 6.45) is 8.67. The van der Waals surface area contributed by atoms with Gasteiger partial charge in [0.25, 0.3) is 0 Å². The Balaban J connectivity index is 1.78. The average molecular weight is 350 g/mol. The monoisotopic (exact) mass is 350 g/mol. The Hall–Kier alpha value is -2.67. The van der Waals surface area contributed by atoms with Crippen LogP contribution in [0.25, 0.3) is 0 Å². The molecule has 0 aliphatic rings. The molecular weight excluding hydrogens is 324 g/mol. The number of carbonyl (C=O) groups excluding carboxylic acids is 1. The highest BCUT2D eigenvalue weighted by Gasteiger charge is 2.11. The zero-order chi connectivity index (χ0) is 18.6. The third-order valence-electron chi connectivity index (χ3n) is 4.39. The number of hydrogen-bond acceptors (Lipinski definition) is 4. The number of pyridine rings is 1. The van der Waals surface area contributed by atoms with Crippen LogP contribution in [0.5, 0.6) is 0 Å². The van der Waals surface area contributed by atoms with Crippen LogP contribution >= 0.6 is 0 Å². The van der Waals surface area contributed by atoms with Gasteiger partial charge < -0.3 is 4.74 Å². The molecule has 0 fully saturated rings. The molecule has 0 aliphatic heterocycles. The van der Waals surface area contributed by atoms with Gasteiger partial charge in [-0.1, -0.05) is 36.8 Å². The lowest BCUT2D eigenvalue weighted by molar-refractivity contribution is -0.143. The maximum absolute atomic E-state index is 11.4. The predicted octanol–water partition coefficient (Wildman–Crippen LogP) is 4.60. The molecule has 1 heterocycles. The van der Waals surface area contributed by atoms with E-state index in [0.717, 1.165) is 36.8 Å². The highest BCUT2D eigenvalue weighted by Crippen LogP contribution is 2.22. The van der Waals surface area contributed by atoms with Crippen LogP contribution in [0.4, 0.5) is 0 Å². The van der Waals surface area contributed by atoms with Gasteiger partial charge in [-0.25, -0.2) is 0 Å². The van der Waals surface area contributed by atoms with Crippen molar-refractivity contribution in [2.75, 3.05) is 6.61 Å². The fourth-order valence-electron chi connectivity index (χ4n) is 2.93. The minimum Gasteiger partial charge on any atom is -0.466 e. The summed E-state index contributed by atoms with van der Waals surface area (Å²) >= 11 is 0. The smallest absolute Gasteiger partial charge is 0.306 e. The number of nitrogens with zero attached hydrogens (tertiary/aromatic N) is 2. The van der Waals surface area contributed by atoms with E-state index in [4.69, 9.17) is 4.74 Å². The van der Waals surface area contributed by atoms with E-state index in [1.165, 1.54) is 5.56 Å². The molecule has 26 heavy (non-hydrogen) atoms. The summed E-state index contributed by atoms with van der Waals surface area (Å²) in [6, 6.07) is 14.5. The molecule has 1 atom stereocenters. The molecule has 1 unspecified atom stereocenters. The first kappa shape index (κ1) is 19.7. The second-order valence-corrected chi connectivity index (χ2v) is 6.34. The summed E-state index contributed by atoms with van der Waals surface area (Å²) in [4.78, 5) is 15.5. The summed E-state index contributed by atoms with van der Waals surface area (Å²) < 4.78 is 4.94. The highest BCUT2D eigenvalue weighted by molar-refractivity contribution is 5.69. The molecule has 0 N–H and O–H groups in total. The SMILES string of the molecule is CCOC(=O)CCc1ccc(C(C#N)CCCCc2cccnc2)cc1. The summed E-state index contributed by atoms with van der Waals surface area (Å²) in [5, 5.41) is 9.48. The number of ether oxygens (including phenoxy) is 1. The first-order valence-corrected chi connectivity index (χ1v) is 9.26. The van der Waals surface area contributed by atoms with Crippen molar-refractivity contribution in [3.63, 3.8) is 0 Å². The highest BCUT2D eigenvalue weighted by atomic mass is 16.5. The predicted molar refractivity (Wildman–Crippen MR) is 102 cm³/mol. The summed E-state index contributed by atoms with van der Waals surface area (Å²) in [5.41, 5.74) is 3.38. The lowest BCUT2D eigenvalue weighted by Crippen LogP contribution is -2.05. The van der Waals surface area contributed by atoms with Gasteiger partial charge in [0.15, 0.2) is 0 Å². The summed E-state index contributed by atoms with van der Waals surface area (Å²) in [7, 11) is 0. The zero-order valence-electron chi connectivity index (χ0n) is 15.4. The van der Waals surface area contributed by atoms with Crippen LogP contribution in [0.3, 0.4) is 0 Å². The quantitative estimate of drug-likeness (QED) is 0.464.